The molecule has 3 rings (SSSR count). The van der Waals surface area contributed by atoms with Crippen LogP contribution in [0.15, 0.2) is 36.5 Å². The summed E-state index contributed by atoms with van der Waals surface area (Å²) in [4.78, 5) is 28.6. The Kier molecular flexibility index (Phi) is 4.17. The van der Waals surface area contributed by atoms with Crippen molar-refractivity contribution in [3.05, 3.63) is 41.5 Å². The van der Waals surface area contributed by atoms with Crippen LogP contribution in [0.1, 0.15) is 22.6 Å². The first-order chi connectivity index (χ1) is 10.7. The molecule has 0 saturated heterocycles. The first-order valence-electron chi connectivity index (χ1n) is 7.00. The fraction of sp³-hybridized carbons (Fsp3) is 0.267. The largest absolute Gasteiger partial charge is 0.347 e. The third kappa shape index (κ3) is 3.00. The minimum atomic E-state index is -0.191. The van der Waals surface area contributed by atoms with Crippen molar-refractivity contribution >= 4 is 23.2 Å². The van der Waals surface area contributed by atoms with E-state index in [0.29, 0.717) is 17.8 Å². The second-order valence-electron chi connectivity index (χ2n) is 5.24. The van der Waals surface area contributed by atoms with E-state index in [1.54, 1.807) is 6.20 Å². The lowest BCUT2D eigenvalue weighted by molar-refractivity contribution is -0.128. The van der Waals surface area contributed by atoms with Crippen molar-refractivity contribution in [2.24, 2.45) is 11.8 Å². The van der Waals surface area contributed by atoms with E-state index < -0.39 is 0 Å². The number of amides is 2. The molecule has 0 aliphatic heterocycles. The zero-order valence-electron chi connectivity index (χ0n) is 11.8. The topological polar surface area (TPSA) is 97.1 Å². The number of nitrogens with one attached hydrogen (secondary N) is 2. The molecular weight excluding hydrogens is 300 g/mol. The van der Waals surface area contributed by atoms with Crippen LogP contribution in [0.25, 0.3) is 10.4 Å². The highest BCUT2D eigenvalue weighted by atomic mass is 32.1. The molecule has 7 heteroatoms. The Labute approximate surface area is 131 Å². The van der Waals surface area contributed by atoms with Gasteiger partial charge in [-0.3, -0.25) is 15.0 Å². The lowest BCUT2D eigenvalue weighted by Gasteiger charge is -2.33. The van der Waals surface area contributed by atoms with Crippen molar-refractivity contribution in [2.75, 3.05) is 0 Å². The Hall–Kier alpha value is -2.25. The molecule has 1 aliphatic rings. The lowest BCUT2D eigenvalue weighted by atomic mass is 9.80. The molecule has 0 unspecified atom stereocenters. The van der Waals surface area contributed by atoms with Gasteiger partial charge < -0.3 is 5.32 Å². The summed E-state index contributed by atoms with van der Waals surface area (Å²) < 4.78 is 0. The van der Waals surface area contributed by atoms with Gasteiger partial charge in [0.15, 0.2) is 5.01 Å². The molecule has 0 atom stereocenters. The van der Waals surface area contributed by atoms with E-state index in [2.05, 4.69) is 15.7 Å². The van der Waals surface area contributed by atoms with Gasteiger partial charge in [0, 0.05) is 18.2 Å². The predicted molar refractivity (Wildman–Crippen MR) is 83.9 cm³/mol. The van der Waals surface area contributed by atoms with Gasteiger partial charge in [0.05, 0.1) is 4.88 Å². The summed E-state index contributed by atoms with van der Waals surface area (Å²) in [6.45, 7) is 0. The zero-order valence-corrected chi connectivity index (χ0v) is 12.6. The smallest absolute Gasteiger partial charge is 0.280 e. The molecule has 0 bridgehead atoms. The molecule has 2 amide bonds. The SMILES string of the molecule is NNC(=O)C1CC(NC(=O)c2ncc(-c3ccccc3)s2)C1. The quantitative estimate of drug-likeness (QED) is 0.450. The number of hydrazine groups is 1. The summed E-state index contributed by atoms with van der Waals surface area (Å²) in [5, 5.41) is 3.33. The van der Waals surface area contributed by atoms with Crippen LogP contribution in [-0.4, -0.2) is 22.8 Å². The second-order valence-corrected chi connectivity index (χ2v) is 6.27. The Bertz CT molecular complexity index is 680. The zero-order chi connectivity index (χ0) is 15.5. The van der Waals surface area contributed by atoms with Gasteiger partial charge in [-0.05, 0) is 18.4 Å². The molecule has 1 aromatic carbocycles. The van der Waals surface area contributed by atoms with E-state index in [4.69, 9.17) is 5.84 Å². The predicted octanol–water partition coefficient (Wildman–Crippen LogP) is 1.31. The van der Waals surface area contributed by atoms with E-state index in [1.165, 1.54) is 11.3 Å². The molecule has 0 spiro atoms. The molecule has 1 aliphatic carbocycles. The molecule has 1 aromatic heterocycles. The summed E-state index contributed by atoms with van der Waals surface area (Å²) in [7, 11) is 0. The van der Waals surface area contributed by atoms with E-state index in [0.717, 1.165) is 10.4 Å². The van der Waals surface area contributed by atoms with Crippen LogP contribution in [0.5, 0.6) is 0 Å². The second kappa shape index (κ2) is 6.25. The van der Waals surface area contributed by atoms with Gasteiger partial charge in [-0.25, -0.2) is 10.8 Å². The number of thiazole rings is 1. The number of benzene rings is 1. The van der Waals surface area contributed by atoms with Crippen molar-refractivity contribution in [3.8, 4) is 10.4 Å². The van der Waals surface area contributed by atoms with Gasteiger partial charge >= 0.3 is 0 Å². The summed E-state index contributed by atoms with van der Waals surface area (Å²) in [5.41, 5.74) is 3.18. The Balaban J connectivity index is 1.58. The molecule has 1 heterocycles. The van der Waals surface area contributed by atoms with Crippen molar-refractivity contribution in [3.63, 3.8) is 0 Å². The summed E-state index contributed by atoms with van der Waals surface area (Å²) in [6, 6.07) is 9.83. The van der Waals surface area contributed by atoms with E-state index in [1.807, 2.05) is 30.3 Å². The highest BCUT2D eigenvalue weighted by Crippen LogP contribution is 2.29. The molecule has 4 N–H and O–H groups in total. The fourth-order valence-corrected chi connectivity index (χ4v) is 3.25. The number of hydrogen-bond acceptors (Lipinski definition) is 5. The third-order valence-electron chi connectivity index (χ3n) is 3.74. The maximum absolute atomic E-state index is 12.2. The number of nitrogens with zero attached hydrogens (tertiary/aromatic N) is 1. The average molecular weight is 316 g/mol. The first-order valence-corrected chi connectivity index (χ1v) is 7.81. The first kappa shape index (κ1) is 14.7. The summed E-state index contributed by atoms with van der Waals surface area (Å²) >= 11 is 1.36. The van der Waals surface area contributed by atoms with Crippen molar-refractivity contribution in [2.45, 2.75) is 18.9 Å². The minimum absolute atomic E-state index is 0.0128. The normalized spacial score (nSPS) is 20.0. The Morgan fingerprint density at radius 2 is 1.95 bits per heavy atom. The molecular formula is C15H16N4O2S. The maximum Gasteiger partial charge on any atom is 0.280 e. The standard InChI is InChI=1S/C15H16N4O2S/c16-19-13(20)10-6-11(7-10)18-14(21)15-17-8-12(22-15)9-4-2-1-3-5-9/h1-5,8,10-11H,6-7,16H2,(H,18,21)(H,19,20). The number of nitrogens with two attached hydrogens (primary N) is 1. The minimum Gasteiger partial charge on any atom is -0.347 e. The molecule has 2 aromatic rings. The van der Waals surface area contributed by atoms with Gasteiger partial charge in [-0.1, -0.05) is 30.3 Å². The number of carbonyl (C=O) groups is 2. The highest BCUT2D eigenvalue weighted by molar-refractivity contribution is 7.16. The molecule has 22 heavy (non-hydrogen) atoms. The van der Waals surface area contributed by atoms with Gasteiger partial charge in [0.2, 0.25) is 5.91 Å². The van der Waals surface area contributed by atoms with Gasteiger partial charge in [0.1, 0.15) is 0 Å². The van der Waals surface area contributed by atoms with Gasteiger partial charge in [-0.2, -0.15) is 0 Å². The summed E-state index contributed by atoms with van der Waals surface area (Å²) in [6.07, 6.45) is 2.94. The van der Waals surface area contributed by atoms with Crippen LogP contribution in [0, 0.1) is 5.92 Å². The Morgan fingerprint density at radius 1 is 1.23 bits per heavy atom. The number of hydrogen-bond donors (Lipinski definition) is 3. The van der Waals surface area contributed by atoms with Crippen LogP contribution < -0.4 is 16.6 Å². The number of rotatable bonds is 4. The van der Waals surface area contributed by atoms with E-state index in [9.17, 15) is 9.59 Å². The van der Waals surface area contributed by atoms with Crippen LogP contribution in [0.4, 0.5) is 0 Å². The lowest BCUT2D eigenvalue weighted by Crippen LogP contribution is -2.50. The maximum atomic E-state index is 12.2. The van der Waals surface area contributed by atoms with Gasteiger partial charge in [0.25, 0.3) is 5.91 Å². The fourth-order valence-electron chi connectivity index (χ4n) is 2.43. The van der Waals surface area contributed by atoms with Crippen molar-refractivity contribution in [1.82, 2.24) is 15.7 Å². The number of aromatic nitrogens is 1. The van der Waals surface area contributed by atoms with Crippen LogP contribution in [0.2, 0.25) is 0 Å². The average Bonchev–Trinajstić information content (AvgIpc) is 3.00. The molecule has 1 fully saturated rings. The molecule has 0 radical (unpaired) electrons. The highest BCUT2D eigenvalue weighted by Gasteiger charge is 2.35. The van der Waals surface area contributed by atoms with Crippen molar-refractivity contribution in [1.29, 1.82) is 0 Å². The van der Waals surface area contributed by atoms with Crippen LogP contribution in [-0.2, 0) is 4.79 Å². The molecule has 1 saturated carbocycles. The molecule has 6 nitrogen and oxygen atoms in total. The van der Waals surface area contributed by atoms with Crippen LogP contribution in [0.3, 0.4) is 0 Å². The van der Waals surface area contributed by atoms with E-state index >= 15 is 0 Å². The van der Waals surface area contributed by atoms with Crippen molar-refractivity contribution < 1.29 is 9.59 Å². The van der Waals surface area contributed by atoms with E-state index in [-0.39, 0.29) is 23.8 Å². The van der Waals surface area contributed by atoms with Crippen LogP contribution >= 0.6 is 11.3 Å². The molecule has 114 valence electrons. The van der Waals surface area contributed by atoms with Gasteiger partial charge in [-0.15, -0.1) is 11.3 Å². The Morgan fingerprint density at radius 3 is 2.64 bits per heavy atom. The summed E-state index contributed by atoms with van der Waals surface area (Å²) in [5.74, 6) is 4.61. The third-order valence-corrected chi connectivity index (χ3v) is 4.79. The monoisotopic (exact) mass is 316 g/mol. The number of carbonyl (C=O) groups excluding carboxylic acids is 2.